The van der Waals surface area contributed by atoms with Crippen molar-refractivity contribution in [1.82, 2.24) is 0 Å². The summed E-state index contributed by atoms with van der Waals surface area (Å²) < 4.78 is 12.7. The van der Waals surface area contributed by atoms with Gasteiger partial charge in [0.05, 0.1) is 0 Å². The van der Waals surface area contributed by atoms with E-state index in [9.17, 15) is 4.39 Å². The molecule has 0 aromatic rings. The molecule has 0 radical (unpaired) electrons. The van der Waals surface area contributed by atoms with Crippen molar-refractivity contribution in [2.75, 3.05) is 6.54 Å². The largest absolute Gasteiger partial charge is 0.327 e. The van der Waals surface area contributed by atoms with E-state index in [2.05, 4.69) is 6.58 Å². The summed E-state index contributed by atoms with van der Waals surface area (Å²) in [5.74, 6) is -0.294. The van der Waals surface area contributed by atoms with Crippen LogP contribution in [-0.4, -0.2) is 6.54 Å². The summed E-state index contributed by atoms with van der Waals surface area (Å²) in [5.41, 5.74) is 6.85. The number of halogens is 1. The van der Waals surface area contributed by atoms with E-state index in [0.717, 1.165) is 5.57 Å². The van der Waals surface area contributed by atoms with Crippen LogP contribution in [0, 0.1) is 0 Å². The first-order chi connectivity index (χ1) is 6.11. The molecular formula is C11H20FN. The fourth-order valence-corrected chi connectivity index (χ4v) is 0.658. The van der Waals surface area contributed by atoms with Gasteiger partial charge in [-0.15, -0.1) is 0 Å². The molecule has 13 heavy (non-hydrogen) atoms. The van der Waals surface area contributed by atoms with Crippen LogP contribution in [0.15, 0.2) is 35.7 Å². The molecule has 0 amide bonds. The number of hydrogen-bond donors (Lipinski definition) is 1. The van der Waals surface area contributed by atoms with Gasteiger partial charge in [-0.05, 0) is 25.5 Å². The molecule has 0 unspecified atom stereocenters. The fraction of sp³-hybridized carbons (Fsp3) is 0.455. The van der Waals surface area contributed by atoms with Crippen LogP contribution in [0.3, 0.4) is 0 Å². The van der Waals surface area contributed by atoms with E-state index in [0.29, 0.717) is 12.1 Å². The maximum atomic E-state index is 12.7. The molecule has 2 N–H and O–H groups in total. The molecule has 0 aliphatic rings. The summed E-state index contributed by atoms with van der Waals surface area (Å²) in [6.07, 6.45) is 2.91. The fourth-order valence-electron chi connectivity index (χ4n) is 0.658. The first-order valence-corrected chi connectivity index (χ1v) is 4.48. The highest BCUT2D eigenvalue weighted by molar-refractivity contribution is 5.28. The average molecular weight is 185 g/mol. The highest BCUT2D eigenvalue weighted by Crippen LogP contribution is 2.09. The van der Waals surface area contributed by atoms with E-state index in [-0.39, 0.29) is 5.83 Å². The molecule has 0 bridgehead atoms. The molecule has 0 aromatic heterocycles. The number of rotatable bonds is 3. The summed E-state index contributed by atoms with van der Waals surface area (Å²) in [7, 11) is 0. The van der Waals surface area contributed by atoms with Crippen LogP contribution in [0.4, 0.5) is 4.39 Å². The lowest BCUT2D eigenvalue weighted by Crippen LogP contribution is -1.99. The van der Waals surface area contributed by atoms with Gasteiger partial charge in [-0.2, -0.15) is 0 Å². The van der Waals surface area contributed by atoms with Gasteiger partial charge in [0.1, 0.15) is 5.83 Å². The van der Waals surface area contributed by atoms with Gasteiger partial charge in [-0.1, -0.05) is 32.1 Å². The van der Waals surface area contributed by atoms with Crippen molar-refractivity contribution < 1.29 is 4.39 Å². The summed E-state index contributed by atoms with van der Waals surface area (Å²) >= 11 is 0. The predicted molar refractivity (Wildman–Crippen MR) is 58.2 cm³/mol. The molecule has 0 rings (SSSR count). The Hall–Kier alpha value is -0.890. The van der Waals surface area contributed by atoms with E-state index in [4.69, 9.17) is 5.73 Å². The van der Waals surface area contributed by atoms with Gasteiger partial charge in [-0.25, -0.2) is 4.39 Å². The minimum Gasteiger partial charge on any atom is -0.327 e. The van der Waals surface area contributed by atoms with Gasteiger partial charge in [-0.3, -0.25) is 0 Å². The Morgan fingerprint density at radius 3 is 2.15 bits per heavy atom. The van der Waals surface area contributed by atoms with Crippen molar-refractivity contribution >= 4 is 0 Å². The molecule has 1 nitrogen and oxygen atoms in total. The first kappa shape index (κ1) is 14.6. The van der Waals surface area contributed by atoms with E-state index < -0.39 is 0 Å². The second-order valence-electron chi connectivity index (χ2n) is 2.43. The molecule has 0 spiro atoms. The van der Waals surface area contributed by atoms with E-state index in [1.807, 2.05) is 20.8 Å². The maximum absolute atomic E-state index is 12.7. The zero-order chi connectivity index (χ0) is 10.9. The third kappa shape index (κ3) is 7.47. The van der Waals surface area contributed by atoms with Crippen LogP contribution in [-0.2, 0) is 0 Å². The Morgan fingerprint density at radius 2 is 1.85 bits per heavy atom. The van der Waals surface area contributed by atoms with Crippen molar-refractivity contribution in [2.45, 2.75) is 27.7 Å². The van der Waals surface area contributed by atoms with Crippen molar-refractivity contribution in [1.29, 1.82) is 0 Å². The third-order valence-corrected chi connectivity index (χ3v) is 1.34. The third-order valence-electron chi connectivity index (χ3n) is 1.34. The molecule has 0 aliphatic carbocycles. The normalized spacial score (nSPS) is 12.6. The number of hydrogen-bond acceptors (Lipinski definition) is 1. The average Bonchev–Trinajstić information content (AvgIpc) is 2.19. The monoisotopic (exact) mass is 185 g/mol. The molecule has 0 saturated carbocycles. The molecule has 0 atom stereocenters. The molecule has 0 aromatic carbocycles. The molecule has 0 saturated heterocycles. The van der Waals surface area contributed by atoms with Crippen LogP contribution < -0.4 is 5.73 Å². The molecule has 0 aliphatic heterocycles. The Balaban J connectivity index is 0. The smallest absolute Gasteiger partial charge is 0.125 e. The standard InChI is InChI=1S/C9H14FN.C2H6/c1-4-9(10)8(3)5-7(2)6-11;1-2/h4-5H,1,6,11H2,2-3H3;1-2H3/b7-5+,9-8+;. The minimum absolute atomic E-state index is 0.294. The zero-order valence-corrected chi connectivity index (χ0v) is 9.02. The SMILES string of the molecule is C=C/C(F)=C(C)\C=C(/C)CN.CC. The molecule has 76 valence electrons. The lowest BCUT2D eigenvalue weighted by Gasteiger charge is -1.96. The summed E-state index contributed by atoms with van der Waals surface area (Å²) in [6, 6.07) is 0. The molecular weight excluding hydrogens is 165 g/mol. The van der Waals surface area contributed by atoms with Gasteiger partial charge in [0.15, 0.2) is 0 Å². The van der Waals surface area contributed by atoms with Crippen molar-refractivity contribution in [3.05, 3.63) is 35.7 Å². The van der Waals surface area contributed by atoms with Crippen molar-refractivity contribution in [2.24, 2.45) is 5.73 Å². The topological polar surface area (TPSA) is 26.0 Å². The zero-order valence-electron chi connectivity index (χ0n) is 9.02. The highest BCUT2D eigenvalue weighted by Gasteiger charge is 1.93. The van der Waals surface area contributed by atoms with Crippen molar-refractivity contribution in [3.63, 3.8) is 0 Å². The molecule has 2 heteroatoms. The predicted octanol–water partition coefficient (Wildman–Crippen LogP) is 3.35. The highest BCUT2D eigenvalue weighted by atomic mass is 19.1. The number of nitrogens with two attached hydrogens (primary N) is 1. The lowest BCUT2D eigenvalue weighted by atomic mass is 10.2. The Bertz CT molecular complexity index is 202. The van der Waals surface area contributed by atoms with Crippen LogP contribution in [0.1, 0.15) is 27.7 Å². The quantitative estimate of drug-likeness (QED) is 0.670. The Labute approximate surface area is 80.8 Å². The Kier molecular flexibility index (Phi) is 10.3. The van der Waals surface area contributed by atoms with Gasteiger partial charge in [0.2, 0.25) is 0 Å². The maximum Gasteiger partial charge on any atom is 0.125 e. The van der Waals surface area contributed by atoms with E-state index >= 15 is 0 Å². The van der Waals surface area contributed by atoms with Crippen LogP contribution in [0.25, 0.3) is 0 Å². The van der Waals surface area contributed by atoms with Gasteiger partial charge in [0.25, 0.3) is 0 Å². The van der Waals surface area contributed by atoms with Crippen LogP contribution in [0.2, 0.25) is 0 Å². The van der Waals surface area contributed by atoms with Crippen LogP contribution >= 0.6 is 0 Å². The summed E-state index contributed by atoms with van der Waals surface area (Å²) in [4.78, 5) is 0. The minimum atomic E-state index is -0.294. The molecule has 0 fully saturated rings. The lowest BCUT2D eigenvalue weighted by molar-refractivity contribution is 0.658. The van der Waals surface area contributed by atoms with Gasteiger partial charge in [0, 0.05) is 6.54 Å². The van der Waals surface area contributed by atoms with E-state index in [1.165, 1.54) is 6.08 Å². The Morgan fingerprint density at radius 1 is 1.38 bits per heavy atom. The number of allylic oxidation sites excluding steroid dienone is 4. The van der Waals surface area contributed by atoms with E-state index in [1.54, 1.807) is 13.0 Å². The van der Waals surface area contributed by atoms with Crippen LogP contribution in [0.5, 0.6) is 0 Å². The molecule has 0 heterocycles. The summed E-state index contributed by atoms with van der Waals surface area (Å²) in [6.45, 7) is 11.3. The van der Waals surface area contributed by atoms with Gasteiger partial charge < -0.3 is 5.73 Å². The van der Waals surface area contributed by atoms with Crippen molar-refractivity contribution in [3.8, 4) is 0 Å². The van der Waals surface area contributed by atoms with Gasteiger partial charge >= 0.3 is 0 Å². The second-order valence-corrected chi connectivity index (χ2v) is 2.43. The second kappa shape index (κ2) is 9.20. The first-order valence-electron chi connectivity index (χ1n) is 4.48. The summed E-state index contributed by atoms with van der Waals surface area (Å²) in [5, 5.41) is 0.